The maximum Gasteiger partial charge on any atom is 0.224 e. The van der Waals surface area contributed by atoms with Crippen molar-refractivity contribution in [2.24, 2.45) is 0 Å². The SMILES string of the molecule is CC1OCCC1(O)CNc1nc(N)nc2[nH]ncc12. The highest BCUT2D eigenvalue weighted by Crippen LogP contribution is 2.27. The summed E-state index contributed by atoms with van der Waals surface area (Å²) in [6.45, 7) is 2.76. The molecule has 0 amide bonds. The van der Waals surface area contributed by atoms with Gasteiger partial charge in [-0.15, -0.1) is 0 Å². The molecule has 2 aromatic rings. The van der Waals surface area contributed by atoms with Crippen molar-refractivity contribution >= 4 is 22.8 Å². The fourth-order valence-electron chi connectivity index (χ4n) is 2.23. The highest BCUT2D eigenvalue weighted by atomic mass is 16.5. The van der Waals surface area contributed by atoms with E-state index < -0.39 is 5.60 Å². The molecule has 0 bridgehead atoms. The van der Waals surface area contributed by atoms with Crippen LogP contribution in [-0.2, 0) is 4.74 Å². The minimum absolute atomic E-state index is 0.155. The number of aliphatic hydroxyl groups is 1. The van der Waals surface area contributed by atoms with E-state index in [9.17, 15) is 5.11 Å². The molecule has 3 rings (SSSR count). The number of ether oxygens (including phenoxy) is 1. The molecule has 1 fully saturated rings. The molecule has 0 aromatic carbocycles. The zero-order valence-electron chi connectivity index (χ0n) is 10.6. The molecule has 2 unspecified atom stereocenters. The molecule has 2 aromatic heterocycles. The smallest absolute Gasteiger partial charge is 0.224 e. The van der Waals surface area contributed by atoms with Crippen molar-refractivity contribution in [3.63, 3.8) is 0 Å². The van der Waals surface area contributed by atoms with Crippen molar-refractivity contribution in [3.8, 4) is 0 Å². The van der Waals surface area contributed by atoms with E-state index in [4.69, 9.17) is 10.5 Å². The normalized spacial score (nSPS) is 26.9. The van der Waals surface area contributed by atoms with Gasteiger partial charge in [-0.3, -0.25) is 5.10 Å². The second-order valence-corrected chi connectivity index (χ2v) is 4.78. The fraction of sp³-hybridized carbons (Fsp3) is 0.545. The molecule has 0 radical (unpaired) electrons. The van der Waals surface area contributed by atoms with Gasteiger partial charge in [0.15, 0.2) is 5.65 Å². The minimum Gasteiger partial charge on any atom is -0.385 e. The van der Waals surface area contributed by atoms with Crippen molar-refractivity contribution < 1.29 is 9.84 Å². The lowest BCUT2D eigenvalue weighted by atomic mass is 9.97. The minimum atomic E-state index is -0.893. The third-order valence-electron chi connectivity index (χ3n) is 3.55. The molecular weight excluding hydrogens is 248 g/mol. The van der Waals surface area contributed by atoms with Crippen LogP contribution in [0.3, 0.4) is 0 Å². The van der Waals surface area contributed by atoms with Crippen LogP contribution in [0.25, 0.3) is 11.0 Å². The molecule has 1 saturated heterocycles. The van der Waals surface area contributed by atoms with E-state index in [0.717, 1.165) is 5.39 Å². The Balaban J connectivity index is 1.83. The van der Waals surface area contributed by atoms with Crippen molar-refractivity contribution in [1.82, 2.24) is 20.2 Å². The first-order valence-electron chi connectivity index (χ1n) is 6.13. The Bertz CT molecular complexity index is 600. The standard InChI is InChI=1S/C11H16N6O2/c1-6-11(18,2-3-19-6)5-13-8-7-4-14-17-9(7)16-10(12)15-8/h4,6,18H,2-3,5H2,1H3,(H4,12,13,14,15,16,17). The van der Waals surface area contributed by atoms with Crippen LogP contribution in [0.5, 0.6) is 0 Å². The van der Waals surface area contributed by atoms with Crippen molar-refractivity contribution in [2.75, 3.05) is 24.2 Å². The van der Waals surface area contributed by atoms with E-state index in [0.29, 0.717) is 31.0 Å². The summed E-state index contributed by atoms with van der Waals surface area (Å²) < 4.78 is 5.39. The average Bonchev–Trinajstić information content (AvgIpc) is 2.95. The molecule has 19 heavy (non-hydrogen) atoms. The number of rotatable bonds is 3. The third-order valence-corrected chi connectivity index (χ3v) is 3.55. The van der Waals surface area contributed by atoms with Gasteiger partial charge in [-0.25, -0.2) is 0 Å². The van der Waals surface area contributed by atoms with Crippen molar-refractivity contribution in [1.29, 1.82) is 0 Å². The molecule has 8 heteroatoms. The van der Waals surface area contributed by atoms with Crippen LogP contribution in [0, 0.1) is 0 Å². The second-order valence-electron chi connectivity index (χ2n) is 4.78. The summed E-state index contributed by atoms with van der Waals surface area (Å²) in [5.41, 5.74) is 5.30. The van der Waals surface area contributed by atoms with Crippen LogP contribution in [0.1, 0.15) is 13.3 Å². The lowest BCUT2D eigenvalue weighted by Gasteiger charge is -2.26. The van der Waals surface area contributed by atoms with Crippen LogP contribution in [0.15, 0.2) is 6.20 Å². The second kappa shape index (κ2) is 4.32. The molecule has 2 atom stereocenters. The van der Waals surface area contributed by atoms with Crippen LogP contribution < -0.4 is 11.1 Å². The quantitative estimate of drug-likeness (QED) is 0.610. The van der Waals surface area contributed by atoms with E-state index in [1.54, 1.807) is 6.20 Å². The zero-order valence-corrected chi connectivity index (χ0v) is 10.6. The largest absolute Gasteiger partial charge is 0.385 e. The molecule has 102 valence electrons. The molecule has 0 spiro atoms. The first-order chi connectivity index (χ1) is 9.08. The number of aromatic nitrogens is 4. The van der Waals surface area contributed by atoms with Gasteiger partial charge in [-0.1, -0.05) is 0 Å². The molecule has 0 saturated carbocycles. The van der Waals surface area contributed by atoms with E-state index in [1.165, 1.54) is 0 Å². The van der Waals surface area contributed by atoms with Crippen LogP contribution in [0.2, 0.25) is 0 Å². The Morgan fingerprint density at radius 2 is 2.47 bits per heavy atom. The number of fused-ring (bicyclic) bond motifs is 1. The van der Waals surface area contributed by atoms with Gasteiger partial charge in [-0.05, 0) is 6.92 Å². The molecule has 8 nitrogen and oxygen atoms in total. The van der Waals surface area contributed by atoms with Gasteiger partial charge in [0.1, 0.15) is 11.4 Å². The summed E-state index contributed by atoms with van der Waals surface area (Å²) in [4.78, 5) is 8.16. The topological polar surface area (TPSA) is 122 Å². The first-order valence-corrected chi connectivity index (χ1v) is 6.13. The van der Waals surface area contributed by atoms with Gasteiger partial charge in [0.2, 0.25) is 5.95 Å². The maximum atomic E-state index is 10.4. The highest BCUT2D eigenvalue weighted by molar-refractivity contribution is 5.86. The lowest BCUT2D eigenvalue weighted by molar-refractivity contribution is -0.0176. The summed E-state index contributed by atoms with van der Waals surface area (Å²) in [5, 5.41) is 20.9. The third kappa shape index (κ3) is 2.08. The molecule has 1 aliphatic rings. The van der Waals surface area contributed by atoms with Crippen LogP contribution >= 0.6 is 0 Å². The van der Waals surface area contributed by atoms with E-state index in [-0.39, 0.29) is 12.1 Å². The number of H-pyrrole nitrogens is 1. The highest BCUT2D eigenvalue weighted by Gasteiger charge is 2.39. The Kier molecular flexibility index (Phi) is 2.76. The first kappa shape index (κ1) is 12.1. The van der Waals surface area contributed by atoms with Crippen molar-refractivity contribution in [2.45, 2.75) is 25.0 Å². The van der Waals surface area contributed by atoms with Gasteiger partial charge < -0.3 is 20.9 Å². The molecule has 5 N–H and O–H groups in total. The van der Waals surface area contributed by atoms with Crippen LogP contribution in [-0.4, -0.2) is 50.1 Å². The predicted molar refractivity (Wildman–Crippen MR) is 69.6 cm³/mol. The summed E-state index contributed by atoms with van der Waals surface area (Å²) >= 11 is 0. The number of nitrogens with two attached hydrogens (primary N) is 1. The molecule has 0 aliphatic carbocycles. The Morgan fingerprint density at radius 1 is 1.63 bits per heavy atom. The van der Waals surface area contributed by atoms with Gasteiger partial charge >= 0.3 is 0 Å². The van der Waals surface area contributed by atoms with Crippen LogP contribution in [0.4, 0.5) is 11.8 Å². The van der Waals surface area contributed by atoms with Gasteiger partial charge in [0.05, 0.1) is 17.7 Å². The van der Waals surface area contributed by atoms with Gasteiger partial charge in [0.25, 0.3) is 0 Å². The van der Waals surface area contributed by atoms with Crippen molar-refractivity contribution in [3.05, 3.63) is 6.20 Å². The lowest BCUT2D eigenvalue weighted by Crippen LogP contribution is -2.43. The number of nitrogens with zero attached hydrogens (tertiary/aromatic N) is 3. The molecular formula is C11H16N6O2. The van der Waals surface area contributed by atoms with Gasteiger partial charge in [-0.2, -0.15) is 15.1 Å². The number of hydrogen-bond donors (Lipinski definition) is 4. The predicted octanol–water partition coefficient (Wildman–Crippen LogP) is -0.113. The number of aromatic amines is 1. The monoisotopic (exact) mass is 264 g/mol. The number of nitrogen functional groups attached to an aromatic ring is 1. The Morgan fingerprint density at radius 3 is 3.21 bits per heavy atom. The zero-order chi connectivity index (χ0) is 13.5. The average molecular weight is 264 g/mol. The van der Waals surface area contributed by atoms with Gasteiger partial charge in [0, 0.05) is 19.6 Å². The fourth-order valence-corrected chi connectivity index (χ4v) is 2.23. The summed E-state index contributed by atoms with van der Waals surface area (Å²) in [7, 11) is 0. The summed E-state index contributed by atoms with van der Waals surface area (Å²) in [5.74, 6) is 0.714. The van der Waals surface area contributed by atoms with E-state index in [1.807, 2.05) is 6.92 Å². The summed E-state index contributed by atoms with van der Waals surface area (Å²) in [6, 6.07) is 0. The Labute approximate surface area is 109 Å². The number of nitrogens with one attached hydrogen (secondary N) is 2. The number of hydrogen-bond acceptors (Lipinski definition) is 7. The molecule has 1 aliphatic heterocycles. The molecule has 3 heterocycles. The Hall–Kier alpha value is -1.93. The van der Waals surface area contributed by atoms with E-state index >= 15 is 0 Å². The summed E-state index contributed by atoms with van der Waals surface area (Å²) in [6.07, 6.45) is 2.01. The van der Waals surface area contributed by atoms with E-state index in [2.05, 4.69) is 25.5 Å². The maximum absolute atomic E-state index is 10.4. The number of anilines is 2.